The summed E-state index contributed by atoms with van der Waals surface area (Å²) in [6.07, 6.45) is 2.22. The molecule has 0 bridgehead atoms. The lowest BCUT2D eigenvalue weighted by atomic mass is 9.97. The van der Waals surface area contributed by atoms with Gasteiger partial charge in [0.2, 0.25) is 5.88 Å². The van der Waals surface area contributed by atoms with Crippen molar-refractivity contribution >= 4 is 11.6 Å². The van der Waals surface area contributed by atoms with Gasteiger partial charge < -0.3 is 9.47 Å². The van der Waals surface area contributed by atoms with E-state index in [4.69, 9.17) is 21.1 Å². The summed E-state index contributed by atoms with van der Waals surface area (Å²) in [7, 11) is 0. The van der Waals surface area contributed by atoms with Gasteiger partial charge in [0.15, 0.2) is 0 Å². The molecule has 1 aromatic heterocycles. The number of ether oxygens (including phenoxy) is 2. The molecular formula is C20H14ClF2NO2. The van der Waals surface area contributed by atoms with Crippen molar-refractivity contribution < 1.29 is 18.3 Å². The second kappa shape index (κ2) is 6.92. The summed E-state index contributed by atoms with van der Waals surface area (Å²) < 4.78 is 39.0. The highest BCUT2D eigenvalue weighted by molar-refractivity contribution is 6.30. The minimum Gasteiger partial charge on any atom is -0.485 e. The molecule has 0 spiro atoms. The van der Waals surface area contributed by atoms with Gasteiger partial charge >= 0.3 is 0 Å². The van der Waals surface area contributed by atoms with Crippen LogP contribution in [0.15, 0.2) is 54.7 Å². The molecule has 2 heterocycles. The fraction of sp³-hybridized carbons (Fsp3) is 0.150. The fourth-order valence-corrected chi connectivity index (χ4v) is 3.06. The highest BCUT2D eigenvalue weighted by Crippen LogP contribution is 2.38. The Morgan fingerprint density at radius 3 is 2.77 bits per heavy atom. The molecule has 0 N–H and O–H groups in total. The van der Waals surface area contributed by atoms with Gasteiger partial charge in [-0.1, -0.05) is 11.6 Å². The first-order valence-corrected chi connectivity index (χ1v) is 8.50. The largest absolute Gasteiger partial charge is 0.485 e. The van der Waals surface area contributed by atoms with E-state index in [1.807, 2.05) is 6.07 Å². The van der Waals surface area contributed by atoms with Crippen LogP contribution in [-0.4, -0.2) is 4.98 Å². The van der Waals surface area contributed by atoms with E-state index in [1.54, 1.807) is 24.3 Å². The molecule has 0 saturated heterocycles. The Bertz CT molecular complexity index is 947. The van der Waals surface area contributed by atoms with Crippen molar-refractivity contribution in [3.8, 4) is 17.4 Å². The van der Waals surface area contributed by atoms with Crippen molar-refractivity contribution in [3.63, 3.8) is 0 Å². The van der Waals surface area contributed by atoms with E-state index in [-0.39, 0.29) is 5.56 Å². The molecule has 0 saturated carbocycles. The molecule has 0 amide bonds. The zero-order chi connectivity index (χ0) is 18.1. The number of aryl methyl sites for hydroxylation is 1. The van der Waals surface area contributed by atoms with Gasteiger partial charge in [-0.05, 0) is 60.9 Å². The Labute approximate surface area is 154 Å². The smallest absolute Gasteiger partial charge is 0.219 e. The zero-order valence-corrected chi connectivity index (χ0v) is 14.3. The lowest BCUT2D eigenvalue weighted by Crippen LogP contribution is -2.16. The number of hydrogen-bond acceptors (Lipinski definition) is 3. The number of nitrogens with zero attached hydrogens (tertiary/aromatic N) is 1. The number of pyridine rings is 1. The van der Waals surface area contributed by atoms with Crippen LogP contribution in [0.5, 0.6) is 17.4 Å². The number of rotatable bonds is 3. The van der Waals surface area contributed by atoms with Crippen LogP contribution < -0.4 is 9.47 Å². The van der Waals surface area contributed by atoms with E-state index in [9.17, 15) is 8.78 Å². The van der Waals surface area contributed by atoms with Gasteiger partial charge in [-0.15, -0.1) is 0 Å². The summed E-state index contributed by atoms with van der Waals surface area (Å²) in [5.41, 5.74) is 1.19. The maximum Gasteiger partial charge on any atom is 0.219 e. The van der Waals surface area contributed by atoms with Crippen LogP contribution in [0.3, 0.4) is 0 Å². The second-order valence-corrected chi connectivity index (χ2v) is 6.43. The van der Waals surface area contributed by atoms with Crippen LogP contribution in [0, 0.1) is 11.6 Å². The standard InChI is InChI=1S/C20H14ClF2NO2/c21-13-2-8-20(24-11-13)25-15-4-7-18-12(9-15)1-6-19(26-18)16-10-14(22)3-5-17(16)23/h2-5,7-11,19H,1,6H2. The predicted octanol–water partition coefficient (Wildman–Crippen LogP) is 5.87. The van der Waals surface area contributed by atoms with E-state index in [0.717, 1.165) is 17.7 Å². The Hall–Kier alpha value is -2.66. The van der Waals surface area contributed by atoms with Crippen molar-refractivity contribution in [3.05, 3.63) is 82.5 Å². The minimum absolute atomic E-state index is 0.237. The Balaban J connectivity index is 1.54. The normalized spacial score (nSPS) is 15.9. The summed E-state index contributed by atoms with van der Waals surface area (Å²) in [6.45, 7) is 0. The molecule has 26 heavy (non-hydrogen) atoms. The van der Waals surface area contributed by atoms with E-state index in [2.05, 4.69) is 4.98 Å². The SMILES string of the molecule is Fc1ccc(F)c(C2CCc3cc(Oc4ccc(Cl)cn4)ccc3O2)c1. The van der Waals surface area contributed by atoms with Crippen LogP contribution in [-0.2, 0) is 6.42 Å². The average Bonchev–Trinajstić information content (AvgIpc) is 2.65. The van der Waals surface area contributed by atoms with Crippen molar-refractivity contribution in [1.29, 1.82) is 0 Å². The van der Waals surface area contributed by atoms with Crippen LogP contribution in [0.1, 0.15) is 23.7 Å². The summed E-state index contributed by atoms with van der Waals surface area (Å²) in [6, 6.07) is 12.2. The molecule has 1 aliphatic rings. The van der Waals surface area contributed by atoms with E-state index in [0.29, 0.717) is 35.2 Å². The van der Waals surface area contributed by atoms with Gasteiger partial charge in [-0.25, -0.2) is 13.8 Å². The maximum absolute atomic E-state index is 14.0. The quantitative estimate of drug-likeness (QED) is 0.575. The van der Waals surface area contributed by atoms with Crippen LogP contribution in [0.25, 0.3) is 0 Å². The Morgan fingerprint density at radius 2 is 1.96 bits per heavy atom. The molecule has 0 aliphatic carbocycles. The molecule has 3 nitrogen and oxygen atoms in total. The highest BCUT2D eigenvalue weighted by atomic mass is 35.5. The molecular weight excluding hydrogens is 360 g/mol. The monoisotopic (exact) mass is 373 g/mol. The van der Waals surface area contributed by atoms with Crippen LogP contribution in [0.4, 0.5) is 8.78 Å². The Kier molecular flexibility index (Phi) is 4.47. The molecule has 132 valence electrons. The van der Waals surface area contributed by atoms with Crippen molar-refractivity contribution in [1.82, 2.24) is 4.98 Å². The first-order valence-electron chi connectivity index (χ1n) is 8.12. The van der Waals surface area contributed by atoms with Gasteiger partial charge in [0.05, 0.1) is 5.02 Å². The first-order chi connectivity index (χ1) is 12.6. The zero-order valence-electron chi connectivity index (χ0n) is 13.6. The fourth-order valence-electron chi connectivity index (χ4n) is 2.95. The summed E-state index contributed by atoms with van der Waals surface area (Å²) in [4.78, 5) is 4.09. The Morgan fingerprint density at radius 1 is 1.08 bits per heavy atom. The third kappa shape index (κ3) is 3.48. The minimum atomic E-state index is -0.511. The van der Waals surface area contributed by atoms with E-state index in [1.165, 1.54) is 12.3 Å². The third-order valence-electron chi connectivity index (χ3n) is 4.20. The molecule has 2 aromatic carbocycles. The second-order valence-electron chi connectivity index (χ2n) is 6.00. The highest BCUT2D eigenvalue weighted by Gasteiger charge is 2.24. The molecule has 6 heteroatoms. The van der Waals surface area contributed by atoms with Crippen molar-refractivity contribution in [2.75, 3.05) is 0 Å². The lowest BCUT2D eigenvalue weighted by molar-refractivity contribution is 0.171. The number of hydrogen-bond donors (Lipinski definition) is 0. The lowest BCUT2D eigenvalue weighted by Gasteiger charge is -2.27. The van der Waals surface area contributed by atoms with Crippen molar-refractivity contribution in [2.45, 2.75) is 18.9 Å². The number of halogens is 3. The first kappa shape index (κ1) is 16.8. The summed E-state index contributed by atoms with van der Waals surface area (Å²) in [5, 5.41) is 0.534. The van der Waals surface area contributed by atoms with Gasteiger partial charge in [-0.3, -0.25) is 0 Å². The van der Waals surface area contributed by atoms with Gasteiger partial charge in [-0.2, -0.15) is 0 Å². The van der Waals surface area contributed by atoms with Crippen LogP contribution >= 0.6 is 11.6 Å². The molecule has 3 aromatic rings. The average molecular weight is 374 g/mol. The maximum atomic E-state index is 14.0. The topological polar surface area (TPSA) is 31.4 Å². The molecule has 0 radical (unpaired) electrons. The number of fused-ring (bicyclic) bond motifs is 1. The van der Waals surface area contributed by atoms with Gasteiger partial charge in [0.25, 0.3) is 0 Å². The predicted molar refractivity (Wildman–Crippen MR) is 93.8 cm³/mol. The molecule has 1 atom stereocenters. The van der Waals surface area contributed by atoms with Gasteiger partial charge in [0, 0.05) is 17.8 Å². The van der Waals surface area contributed by atoms with E-state index < -0.39 is 17.7 Å². The molecule has 1 unspecified atom stereocenters. The van der Waals surface area contributed by atoms with Gasteiger partial charge in [0.1, 0.15) is 29.2 Å². The molecule has 4 rings (SSSR count). The number of benzene rings is 2. The molecule has 1 aliphatic heterocycles. The summed E-state index contributed by atoms with van der Waals surface area (Å²) >= 11 is 5.81. The van der Waals surface area contributed by atoms with E-state index >= 15 is 0 Å². The molecule has 0 fully saturated rings. The summed E-state index contributed by atoms with van der Waals surface area (Å²) in [5.74, 6) is 0.758. The van der Waals surface area contributed by atoms with Crippen molar-refractivity contribution in [2.24, 2.45) is 0 Å². The number of aromatic nitrogens is 1. The third-order valence-corrected chi connectivity index (χ3v) is 4.43. The van der Waals surface area contributed by atoms with Crippen LogP contribution in [0.2, 0.25) is 5.02 Å².